The molecule has 0 bridgehead atoms. The molecular formula is C25H31N5O3S. The van der Waals surface area contributed by atoms with Gasteiger partial charge in [-0.25, -0.2) is 9.97 Å². The number of carbonyl (C=O) groups excluding carboxylic acids is 1. The van der Waals surface area contributed by atoms with E-state index in [1.807, 2.05) is 24.0 Å². The molecule has 2 aliphatic rings. The summed E-state index contributed by atoms with van der Waals surface area (Å²) in [5, 5.41) is 4.38. The average molecular weight is 482 g/mol. The predicted octanol–water partition coefficient (Wildman–Crippen LogP) is 3.56. The third-order valence-electron chi connectivity index (χ3n) is 6.64. The first-order chi connectivity index (χ1) is 16.6. The van der Waals surface area contributed by atoms with E-state index in [1.165, 1.54) is 16.9 Å². The van der Waals surface area contributed by atoms with Crippen LogP contribution in [0.3, 0.4) is 0 Å². The highest BCUT2D eigenvalue weighted by Gasteiger charge is 2.27. The third kappa shape index (κ3) is 4.87. The molecule has 8 nitrogen and oxygen atoms in total. The summed E-state index contributed by atoms with van der Waals surface area (Å²) < 4.78 is 11.1. The summed E-state index contributed by atoms with van der Waals surface area (Å²) in [4.78, 5) is 28.3. The van der Waals surface area contributed by atoms with Crippen LogP contribution in [0, 0.1) is 6.92 Å². The van der Waals surface area contributed by atoms with Crippen LogP contribution in [-0.2, 0) is 11.3 Å². The van der Waals surface area contributed by atoms with Crippen molar-refractivity contribution in [2.75, 3.05) is 51.8 Å². The van der Waals surface area contributed by atoms with E-state index in [4.69, 9.17) is 9.47 Å². The van der Waals surface area contributed by atoms with Gasteiger partial charge >= 0.3 is 0 Å². The number of benzene rings is 1. The second-order valence-electron chi connectivity index (χ2n) is 8.89. The molecule has 0 unspecified atom stereocenters. The van der Waals surface area contributed by atoms with Gasteiger partial charge in [-0.15, -0.1) is 11.3 Å². The van der Waals surface area contributed by atoms with Gasteiger partial charge in [-0.3, -0.25) is 9.69 Å². The van der Waals surface area contributed by atoms with Crippen molar-refractivity contribution in [3.63, 3.8) is 0 Å². The molecule has 2 aromatic heterocycles. The summed E-state index contributed by atoms with van der Waals surface area (Å²) >= 11 is 1.46. The molecule has 0 radical (unpaired) electrons. The lowest BCUT2D eigenvalue weighted by Crippen LogP contribution is -2.48. The fourth-order valence-corrected chi connectivity index (χ4v) is 5.82. The fraction of sp³-hybridized carbons (Fsp3) is 0.480. The van der Waals surface area contributed by atoms with Crippen LogP contribution >= 0.6 is 11.3 Å². The van der Waals surface area contributed by atoms with Crippen LogP contribution in [0.2, 0.25) is 0 Å². The number of hydrogen-bond donors (Lipinski definition) is 1. The van der Waals surface area contributed by atoms with Gasteiger partial charge in [-0.1, -0.05) is 12.1 Å². The first-order valence-electron chi connectivity index (χ1n) is 11.9. The molecule has 3 aromatic rings. The van der Waals surface area contributed by atoms with Gasteiger partial charge in [0.15, 0.2) is 0 Å². The van der Waals surface area contributed by atoms with Gasteiger partial charge in [0.05, 0.1) is 23.5 Å². The number of aryl methyl sites for hydroxylation is 1. The van der Waals surface area contributed by atoms with Crippen LogP contribution in [0.1, 0.15) is 33.6 Å². The number of fused-ring (bicyclic) bond motifs is 1. The number of amides is 1. The molecule has 2 saturated heterocycles. The van der Waals surface area contributed by atoms with E-state index in [0.29, 0.717) is 13.1 Å². The number of thiophene rings is 1. The molecule has 0 spiro atoms. The molecule has 4 heterocycles. The van der Waals surface area contributed by atoms with Gasteiger partial charge in [0, 0.05) is 45.9 Å². The molecule has 34 heavy (non-hydrogen) atoms. The molecule has 180 valence electrons. The SMILES string of the molecule is COc1cccc(CN2CCN(C(=O)c3sc4ncnc(NC[C@@H]5CCCO5)c4c3C)CC2)c1. The Morgan fingerprint density at radius 1 is 1.26 bits per heavy atom. The summed E-state index contributed by atoms with van der Waals surface area (Å²) in [7, 11) is 1.69. The zero-order chi connectivity index (χ0) is 23.5. The number of piperazine rings is 1. The number of nitrogens with zero attached hydrogens (tertiary/aromatic N) is 4. The summed E-state index contributed by atoms with van der Waals surface area (Å²) in [6, 6.07) is 8.17. The van der Waals surface area contributed by atoms with Gasteiger partial charge in [-0.05, 0) is 43.0 Å². The Morgan fingerprint density at radius 2 is 2.12 bits per heavy atom. The largest absolute Gasteiger partial charge is 0.497 e. The van der Waals surface area contributed by atoms with Crippen LogP contribution in [-0.4, -0.2) is 78.2 Å². The van der Waals surface area contributed by atoms with E-state index in [9.17, 15) is 4.79 Å². The number of carbonyl (C=O) groups is 1. The van der Waals surface area contributed by atoms with E-state index in [-0.39, 0.29) is 12.0 Å². The second kappa shape index (κ2) is 10.2. The maximum absolute atomic E-state index is 13.4. The zero-order valence-electron chi connectivity index (χ0n) is 19.7. The predicted molar refractivity (Wildman–Crippen MR) is 134 cm³/mol. The van der Waals surface area contributed by atoms with Gasteiger partial charge in [0.1, 0.15) is 22.7 Å². The maximum atomic E-state index is 13.4. The van der Waals surface area contributed by atoms with E-state index < -0.39 is 0 Å². The van der Waals surface area contributed by atoms with Crippen LogP contribution in [0.15, 0.2) is 30.6 Å². The van der Waals surface area contributed by atoms with E-state index >= 15 is 0 Å². The Bertz CT molecular complexity index is 1150. The minimum atomic E-state index is 0.0895. The van der Waals surface area contributed by atoms with E-state index in [2.05, 4.69) is 32.3 Å². The second-order valence-corrected chi connectivity index (χ2v) is 9.89. The summed E-state index contributed by atoms with van der Waals surface area (Å²) in [5.74, 6) is 1.75. The van der Waals surface area contributed by atoms with E-state index in [1.54, 1.807) is 13.4 Å². The maximum Gasteiger partial charge on any atom is 0.264 e. The lowest BCUT2D eigenvalue weighted by atomic mass is 10.1. The molecular weight excluding hydrogens is 450 g/mol. The van der Waals surface area contributed by atoms with Gasteiger partial charge in [0.2, 0.25) is 0 Å². The zero-order valence-corrected chi connectivity index (χ0v) is 20.6. The number of aromatic nitrogens is 2. The lowest BCUT2D eigenvalue weighted by Gasteiger charge is -2.34. The quantitative estimate of drug-likeness (QED) is 0.553. The Morgan fingerprint density at radius 3 is 2.88 bits per heavy atom. The first kappa shape index (κ1) is 23.0. The van der Waals surface area contributed by atoms with Crippen molar-refractivity contribution in [1.82, 2.24) is 19.8 Å². The molecule has 1 amide bonds. The lowest BCUT2D eigenvalue weighted by molar-refractivity contribution is 0.0632. The monoisotopic (exact) mass is 481 g/mol. The van der Waals surface area contributed by atoms with Crippen LogP contribution in [0.25, 0.3) is 10.2 Å². The Hall–Kier alpha value is -2.75. The number of anilines is 1. The third-order valence-corrected chi connectivity index (χ3v) is 7.83. The molecule has 1 N–H and O–H groups in total. The molecule has 2 fully saturated rings. The van der Waals surface area contributed by atoms with E-state index in [0.717, 1.165) is 77.9 Å². The van der Waals surface area contributed by atoms with Gasteiger partial charge in [0.25, 0.3) is 5.91 Å². The van der Waals surface area contributed by atoms with Crippen molar-refractivity contribution in [1.29, 1.82) is 0 Å². The number of nitrogens with one attached hydrogen (secondary N) is 1. The Kier molecular flexibility index (Phi) is 6.94. The van der Waals surface area contributed by atoms with Crippen LogP contribution in [0.4, 0.5) is 5.82 Å². The van der Waals surface area contributed by atoms with Crippen molar-refractivity contribution >= 4 is 33.3 Å². The molecule has 5 rings (SSSR count). The first-order valence-corrected chi connectivity index (χ1v) is 12.7. The minimum Gasteiger partial charge on any atom is -0.497 e. The fourth-order valence-electron chi connectivity index (χ4n) is 4.71. The minimum absolute atomic E-state index is 0.0895. The molecule has 1 aromatic carbocycles. The standard InChI is InChI=1S/C25H31N5O3S/c1-17-21-23(26-14-20-7-4-12-33-20)27-16-28-24(21)34-22(17)25(31)30-10-8-29(9-11-30)15-18-5-3-6-19(13-18)32-2/h3,5-6,13,16,20H,4,7-12,14-15H2,1-2H3,(H,26,27,28)/t20-/m0/s1. The Labute approximate surface area is 203 Å². The molecule has 0 saturated carbocycles. The number of hydrogen-bond acceptors (Lipinski definition) is 8. The van der Waals surface area contributed by atoms with Gasteiger partial charge < -0.3 is 19.7 Å². The summed E-state index contributed by atoms with van der Waals surface area (Å²) in [6.45, 7) is 7.54. The molecule has 1 atom stereocenters. The highest BCUT2D eigenvalue weighted by molar-refractivity contribution is 7.20. The normalized spacial score (nSPS) is 19.0. The smallest absolute Gasteiger partial charge is 0.264 e. The van der Waals surface area contributed by atoms with Crippen molar-refractivity contribution < 1.29 is 14.3 Å². The molecule has 0 aliphatic carbocycles. The van der Waals surface area contributed by atoms with Crippen molar-refractivity contribution in [3.05, 3.63) is 46.6 Å². The van der Waals surface area contributed by atoms with Crippen molar-refractivity contribution in [3.8, 4) is 5.75 Å². The highest BCUT2D eigenvalue weighted by Crippen LogP contribution is 2.34. The number of ether oxygens (including phenoxy) is 2. The summed E-state index contributed by atoms with van der Waals surface area (Å²) in [5.41, 5.74) is 2.18. The Balaban J connectivity index is 1.24. The van der Waals surface area contributed by atoms with Crippen LogP contribution in [0.5, 0.6) is 5.75 Å². The van der Waals surface area contributed by atoms with Crippen LogP contribution < -0.4 is 10.1 Å². The highest BCUT2D eigenvalue weighted by atomic mass is 32.1. The molecule has 9 heteroatoms. The molecule has 2 aliphatic heterocycles. The summed E-state index contributed by atoms with van der Waals surface area (Å²) in [6.07, 6.45) is 3.96. The average Bonchev–Trinajstić information content (AvgIpc) is 3.51. The van der Waals surface area contributed by atoms with Crippen molar-refractivity contribution in [2.45, 2.75) is 32.4 Å². The topological polar surface area (TPSA) is 79.8 Å². The van der Waals surface area contributed by atoms with Crippen molar-refractivity contribution in [2.24, 2.45) is 0 Å². The number of rotatable bonds is 7. The number of methoxy groups -OCH3 is 1. The van der Waals surface area contributed by atoms with Gasteiger partial charge in [-0.2, -0.15) is 0 Å².